The number of rotatable bonds is 1. The average Bonchev–Trinajstić information content (AvgIpc) is 2.44. The van der Waals surface area contributed by atoms with E-state index in [1.807, 2.05) is 0 Å². The highest BCUT2D eigenvalue weighted by Crippen LogP contribution is 2.23. The maximum atomic E-state index is 7.71. The number of aryl methyl sites for hydroxylation is 3. The van der Waals surface area contributed by atoms with Crippen molar-refractivity contribution in [3.8, 4) is 11.3 Å². The van der Waals surface area contributed by atoms with Gasteiger partial charge in [-0.05, 0) is 43.4 Å². The monoisotopic (exact) mass is 235 g/mol. The van der Waals surface area contributed by atoms with Gasteiger partial charge >= 0.3 is 0 Å². The van der Waals surface area contributed by atoms with Crippen LogP contribution in [-0.2, 0) is 7.05 Å². The summed E-state index contributed by atoms with van der Waals surface area (Å²) in [5, 5.41) is 0. The summed E-state index contributed by atoms with van der Waals surface area (Å²) in [6, 6.07) is 7.28. The second-order valence-corrected chi connectivity index (χ2v) is 4.05. The van der Waals surface area contributed by atoms with E-state index in [1.54, 1.807) is 19.1 Å². The molecule has 0 bridgehead atoms. The molecule has 0 aliphatic carbocycles. The Morgan fingerprint density at radius 3 is 2.71 bits per heavy atom. The smallest absolute Gasteiger partial charge is 0.199 e. The molecule has 2 rings (SSSR count). The van der Waals surface area contributed by atoms with E-state index in [1.165, 1.54) is 23.7 Å². The maximum Gasteiger partial charge on any atom is 0.212 e. The molecule has 1 aromatic heterocycles. The molecule has 0 fully saturated rings. The van der Waals surface area contributed by atoms with Crippen molar-refractivity contribution in [2.45, 2.75) is 27.5 Å². The van der Waals surface area contributed by atoms with Crippen molar-refractivity contribution in [2.24, 2.45) is 7.05 Å². The zero-order chi connectivity index (χ0) is 20.1. The van der Waals surface area contributed by atoms with Crippen LogP contribution in [0.25, 0.3) is 11.3 Å². The molecule has 0 aliphatic rings. The first-order valence-electron chi connectivity index (χ1n) is 9.79. The van der Waals surface area contributed by atoms with E-state index in [0.717, 1.165) is 6.07 Å². The zero-order valence-electron chi connectivity index (χ0n) is 18.8. The molecule has 0 unspecified atom stereocenters. The number of pyridine rings is 1. The van der Waals surface area contributed by atoms with Gasteiger partial charge in [-0.25, -0.2) is 0 Å². The predicted molar refractivity (Wildman–Crippen MR) is 72.0 cm³/mol. The molecule has 0 radical (unpaired) electrons. The van der Waals surface area contributed by atoms with Crippen LogP contribution in [0.1, 0.15) is 34.7 Å². The van der Waals surface area contributed by atoms with Crippen molar-refractivity contribution in [3.63, 3.8) is 0 Å². The fourth-order valence-electron chi connectivity index (χ4n) is 1.83. The van der Waals surface area contributed by atoms with Crippen LogP contribution in [0, 0.1) is 27.5 Å². The van der Waals surface area contributed by atoms with Gasteiger partial charge in [-0.1, -0.05) is 12.1 Å². The molecular weight excluding hydrogens is 206 g/mol. The van der Waals surface area contributed by atoms with Crippen molar-refractivity contribution >= 4 is 0 Å². The number of nitrogens with zero attached hydrogens (tertiary/aromatic N) is 1. The van der Waals surface area contributed by atoms with Gasteiger partial charge in [0.05, 0.1) is 0 Å². The second kappa shape index (κ2) is 4.33. The van der Waals surface area contributed by atoms with E-state index in [-0.39, 0.29) is 16.8 Å². The average molecular weight is 235 g/mol. The molecule has 1 nitrogen and oxygen atoms in total. The van der Waals surface area contributed by atoms with E-state index in [2.05, 4.69) is 0 Å². The van der Waals surface area contributed by atoms with Crippen molar-refractivity contribution < 1.29 is 16.9 Å². The molecule has 1 heterocycles. The Labute approximate surface area is 116 Å². The second-order valence-electron chi connectivity index (χ2n) is 4.05. The standard InChI is InChI=1S/C16H20N/c1-11-9-13(3)17(5)16(10-11)15-8-6-7-12(2)14(15)4/h6-10H,1-5H3/q+1/i1D3,2D3,3D3. The van der Waals surface area contributed by atoms with Gasteiger partial charge < -0.3 is 0 Å². The Balaban J connectivity index is 2.87. The minimum atomic E-state index is -2.51. The zero-order valence-corrected chi connectivity index (χ0v) is 9.83. The molecule has 0 aliphatic heterocycles. The van der Waals surface area contributed by atoms with Gasteiger partial charge in [-0.15, -0.1) is 0 Å². The lowest BCUT2D eigenvalue weighted by Gasteiger charge is -2.09. The first-order valence-corrected chi connectivity index (χ1v) is 5.29. The molecule has 0 amide bonds. The highest BCUT2D eigenvalue weighted by Gasteiger charge is 2.15. The van der Waals surface area contributed by atoms with Crippen LogP contribution in [0.4, 0.5) is 0 Å². The fourth-order valence-corrected chi connectivity index (χ4v) is 1.83. The van der Waals surface area contributed by atoms with Crippen LogP contribution in [0.2, 0.25) is 0 Å². The van der Waals surface area contributed by atoms with Crippen LogP contribution >= 0.6 is 0 Å². The number of benzene rings is 1. The van der Waals surface area contributed by atoms with Gasteiger partial charge in [0.25, 0.3) is 0 Å². The summed E-state index contributed by atoms with van der Waals surface area (Å²) in [6.45, 7) is -5.69. The lowest BCUT2D eigenvalue weighted by molar-refractivity contribution is -0.666. The highest BCUT2D eigenvalue weighted by molar-refractivity contribution is 5.63. The molecule has 1 aromatic carbocycles. The molecule has 0 saturated carbocycles. The van der Waals surface area contributed by atoms with Gasteiger partial charge in [0.1, 0.15) is 7.05 Å². The summed E-state index contributed by atoms with van der Waals surface area (Å²) >= 11 is 0. The lowest BCUT2D eigenvalue weighted by atomic mass is 9.99. The van der Waals surface area contributed by atoms with Crippen LogP contribution in [0.5, 0.6) is 0 Å². The fraction of sp³-hybridized carbons (Fsp3) is 0.312. The predicted octanol–water partition coefficient (Wildman–Crippen LogP) is 3.41. The first kappa shape index (κ1) is 4.93. The summed E-state index contributed by atoms with van der Waals surface area (Å²) in [7, 11) is 1.53. The molecule has 0 spiro atoms. The van der Waals surface area contributed by atoms with Gasteiger partial charge in [0.2, 0.25) is 5.69 Å². The van der Waals surface area contributed by atoms with Gasteiger partial charge in [-0.3, -0.25) is 0 Å². The van der Waals surface area contributed by atoms with E-state index in [0.29, 0.717) is 16.8 Å². The highest BCUT2D eigenvalue weighted by atomic mass is 14.9. The lowest BCUT2D eigenvalue weighted by Crippen LogP contribution is -2.35. The Morgan fingerprint density at radius 1 is 1.12 bits per heavy atom. The Bertz CT molecular complexity index is 829. The minimum Gasteiger partial charge on any atom is -0.199 e. The minimum absolute atomic E-state index is 0.101. The molecule has 17 heavy (non-hydrogen) atoms. The topological polar surface area (TPSA) is 3.88 Å². The summed E-state index contributed by atoms with van der Waals surface area (Å²) < 4.78 is 70.4. The molecule has 0 saturated heterocycles. The number of aromatic nitrogens is 1. The van der Waals surface area contributed by atoms with Crippen molar-refractivity contribution in [2.75, 3.05) is 0 Å². The number of hydrogen-bond acceptors (Lipinski definition) is 0. The normalized spacial score (nSPS) is 20.7. The van der Waals surface area contributed by atoms with Crippen LogP contribution in [0.15, 0.2) is 30.3 Å². The summed E-state index contributed by atoms with van der Waals surface area (Å²) in [6.07, 6.45) is 0. The Morgan fingerprint density at radius 2 is 2.00 bits per heavy atom. The maximum absolute atomic E-state index is 7.71. The van der Waals surface area contributed by atoms with Gasteiger partial charge in [-0.2, -0.15) is 4.57 Å². The van der Waals surface area contributed by atoms with Crippen molar-refractivity contribution in [1.82, 2.24) is 0 Å². The molecule has 0 N–H and O–H groups in total. The van der Waals surface area contributed by atoms with Gasteiger partial charge in [0, 0.05) is 36.9 Å². The third kappa shape index (κ3) is 2.10. The first-order chi connectivity index (χ1) is 11.6. The number of hydrogen-bond donors (Lipinski definition) is 0. The van der Waals surface area contributed by atoms with E-state index >= 15 is 0 Å². The van der Waals surface area contributed by atoms with Crippen LogP contribution in [-0.4, -0.2) is 0 Å². The summed E-state index contributed by atoms with van der Waals surface area (Å²) in [5.41, 5.74) is 1.20. The Kier molecular flexibility index (Phi) is 1.25. The largest absolute Gasteiger partial charge is 0.212 e. The van der Waals surface area contributed by atoms with Crippen molar-refractivity contribution in [1.29, 1.82) is 0 Å². The molecule has 2 aromatic rings. The molecule has 1 heteroatoms. The quantitative estimate of drug-likeness (QED) is 0.667. The van der Waals surface area contributed by atoms with Gasteiger partial charge in [0.15, 0.2) is 5.69 Å². The molecule has 0 atom stereocenters. The third-order valence-corrected chi connectivity index (χ3v) is 2.92. The van der Waals surface area contributed by atoms with E-state index < -0.39 is 20.6 Å². The van der Waals surface area contributed by atoms with E-state index in [9.17, 15) is 0 Å². The molecule has 88 valence electrons. The van der Waals surface area contributed by atoms with Crippen LogP contribution < -0.4 is 4.57 Å². The summed E-state index contributed by atoms with van der Waals surface area (Å²) in [4.78, 5) is 0. The van der Waals surface area contributed by atoms with Crippen molar-refractivity contribution in [3.05, 3.63) is 52.7 Å². The Hall–Kier alpha value is -1.63. The molecular formula is C16H20N+. The third-order valence-electron chi connectivity index (χ3n) is 2.92. The van der Waals surface area contributed by atoms with Crippen LogP contribution in [0.3, 0.4) is 0 Å². The summed E-state index contributed by atoms with van der Waals surface area (Å²) in [5.74, 6) is 0. The SMILES string of the molecule is [2H]C([2H])([2H])c1cc(-c2cccc(C([2H])([2H])[2H])c2C)[n+](C)c(C([2H])([2H])[2H])c1. The van der Waals surface area contributed by atoms with E-state index in [4.69, 9.17) is 12.3 Å².